The molecule has 0 radical (unpaired) electrons. The maximum Gasteiger partial charge on any atom is 0.0702 e. The van der Waals surface area contributed by atoms with Crippen LogP contribution in [0.15, 0.2) is 42.6 Å². The first-order chi connectivity index (χ1) is 15.3. The van der Waals surface area contributed by atoms with Gasteiger partial charge in [-0.3, -0.25) is 4.98 Å². The van der Waals surface area contributed by atoms with E-state index in [1.54, 1.807) is 0 Å². The number of benzene rings is 1. The Labute approximate surface area is 192 Å². The molecule has 1 aromatic heterocycles. The first-order valence-corrected chi connectivity index (χ1v) is 13.3. The summed E-state index contributed by atoms with van der Waals surface area (Å²) in [6.07, 6.45) is 22.7. The van der Waals surface area contributed by atoms with Crippen molar-refractivity contribution in [2.75, 3.05) is 0 Å². The maximum absolute atomic E-state index is 4.74. The molecule has 0 bridgehead atoms. The van der Waals surface area contributed by atoms with Gasteiger partial charge in [0.1, 0.15) is 0 Å². The molecule has 1 heterocycles. The fourth-order valence-corrected chi connectivity index (χ4v) is 5.19. The molecular weight excluding hydrogens is 374 g/mol. The third-order valence-electron chi connectivity index (χ3n) is 7.42. The summed E-state index contributed by atoms with van der Waals surface area (Å²) in [6, 6.07) is 13.7. The van der Waals surface area contributed by atoms with E-state index in [9.17, 15) is 0 Å². The summed E-state index contributed by atoms with van der Waals surface area (Å²) in [5.41, 5.74) is 5.21. The maximum atomic E-state index is 4.74. The molecule has 3 rings (SSSR count). The fraction of sp³-hybridized carbons (Fsp3) is 0.633. The Morgan fingerprint density at radius 3 is 1.94 bits per heavy atom. The van der Waals surface area contributed by atoms with Gasteiger partial charge in [-0.2, -0.15) is 0 Å². The van der Waals surface area contributed by atoms with Crippen molar-refractivity contribution in [1.29, 1.82) is 0 Å². The van der Waals surface area contributed by atoms with Crippen molar-refractivity contribution in [2.24, 2.45) is 11.8 Å². The SMILES string of the molecule is CCCCCCCc1ccc(-c2ccc(CC[C@H]3CC[C@H](CCCC)CC3)cc2)nc1. The third-order valence-corrected chi connectivity index (χ3v) is 7.42. The summed E-state index contributed by atoms with van der Waals surface area (Å²) in [5.74, 6) is 1.98. The minimum Gasteiger partial charge on any atom is -0.256 e. The Kier molecular flexibility index (Phi) is 10.6. The molecule has 1 aliphatic carbocycles. The zero-order valence-electron chi connectivity index (χ0n) is 20.2. The fourth-order valence-electron chi connectivity index (χ4n) is 5.19. The predicted octanol–water partition coefficient (Wildman–Crippen LogP) is 9.19. The number of unbranched alkanes of at least 4 members (excludes halogenated alkanes) is 5. The molecule has 31 heavy (non-hydrogen) atoms. The number of nitrogens with zero attached hydrogens (tertiary/aromatic N) is 1. The van der Waals surface area contributed by atoms with Crippen LogP contribution >= 0.6 is 0 Å². The second kappa shape index (κ2) is 13.7. The van der Waals surface area contributed by atoms with Crippen LogP contribution in [0.5, 0.6) is 0 Å². The minimum absolute atomic E-state index is 0.953. The van der Waals surface area contributed by atoms with Crippen molar-refractivity contribution in [1.82, 2.24) is 4.98 Å². The monoisotopic (exact) mass is 419 g/mol. The van der Waals surface area contributed by atoms with Crippen LogP contribution in [0.25, 0.3) is 11.3 Å². The summed E-state index contributed by atoms with van der Waals surface area (Å²) >= 11 is 0. The molecule has 0 aliphatic heterocycles. The first kappa shape index (κ1) is 24.0. The quantitative estimate of drug-likeness (QED) is 0.295. The molecule has 0 saturated heterocycles. The summed E-state index contributed by atoms with van der Waals surface area (Å²) in [4.78, 5) is 4.74. The molecule has 1 aromatic carbocycles. The Hall–Kier alpha value is -1.63. The van der Waals surface area contributed by atoms with E-state index in [0.717, 1.165) is 24.0 Å². The van der Waals surface area contributed by atoms with Gasteiger partial charge in [0, 0.05) is 11.8 Å². The van der Waals surface area contributed by atoms with Gasteiger partial charge in [0.2, 0.25) is 0 Å². The van der Waals surface area contributed by atoms with Crippen molar-refractivity contribution < 1.29 is 0 Å². The molecular formula is C30H45N. The van der Waals surface area contributed by atoms with E-state index in [4.69, 9.17) is 4.98 Å². The van der Waals surface area contributed by atoms with Crippen LogP contribution < -0.4 is 0 Å². The Morgan fingerprint density at radius 1 is 0.645 bits per heavy atom. The lowest BCUT2D eigenvalue weighted by Crippen LogP contribution is -2.15. The molecule has 2 aromatic rings. The summed E-state index contributed by atoms with van der Waals surface area (Å²) < 4.78 is 0. The van der Waals surface area contributed by atoms with Crippen LogP contribution in [0.2, 0.25) is 0 Å². The summed E-state index contributed by atoms with van der Waals surface area (Å²) in [5, 5.41) is 0. The molecule has 1 saturated carbocycles. The summed E-state index contributed by atoms with van der Waals surface area (Å²) in [7, 11) is 0. The van der Waals surface area contributed by atoms with E-state index in [1.165, 1.54) is 107 Å². The van der Waals surface area contributed by atoms with E-state index in [1.807, 2.05) is 0 Å². The largest absolute Gasteiger partial charge is 0.256 e. The third kappa shape index (κ3) is 8.43. The molecule has 0 N–H and O–H groups in total. The van der Waals surface area contributed by atoms with Gasteiger partial charge in [-0.25, -0.2) is 0 Å². The summed E-state index contributed by atoms with van der Waals surface area (Å²) in [6.45, 7) is 4.59. The number of hydrogen-bond donors (Lipinski definition) is 0. The van der Waals surface area contributed by atoms with Crippen LogP contribution in [0.3, 0.4) is 0 Å². The van der Waals surface area contributed by atoms with Gasteiger partial charge in [-0.05, 0) is 54.7 Å². The van der Waals surface area contributed by atoms with Crippen molar-refractivity contribution in [3.05, 3.63) is 53.7 Å². The van der Waals surface area contributed by atoms with Crippen LogP contribution in [0.1, 0.15) is 108 Å². The molecule has 1 aliphatic rings. The zero-order chi connectivity index (χ0) is 21.7. The molecule has 0 atom stereocenters. The second-order valence-electron chi connectivity index (χ2n) is 9.98. The van der Waals surface area contributed by atoms with Gasteiger partial charge in [-0.15, -0.1) is 0 Å². The number of aryl methyl sites for hydroxylation is 2. The van der Waals surface area contributed by atoms with E-state index in [0.29, 0.717) is 0 Å². The van der Waals surface area contributed by atoms with E-state index >= 15 is 0 Å². The van der Waals surface area contributed by atoms with Crippen LogP contribution in [-0.4, -0.2) is 4.98 Å². The van der Waals surface area contributed by atoms with Gasteiger partial charge < -0.3 is 0 Å². The second-order valence-corrected chi connectivity index (χ2v) is 9.98. The molecule has 1 nitrogen and oxygen atoms in total. The molecule has 170 valence electrons. The van der Waals surface area contributed by atoms with Crippen molar-refractivity contribution in [2.45, 2.75) is 110 Å². The minimum atomic E-state index is 0.953. The van der Waals surface area contributed by atoms with E-state index in [2.05, 4.69) is 56.4 Å². The van der Waals surface area contributed by atoms with Crippen molar-refractivity contribution in [3.8, 4) is 11.3 Å². The highest BCUT2D eigenvalue weighted by molar-refractivity contribution is 5.59. The van der Waals surface area contributed by atoms with Crippen molar-refractivity contribution in [3.63, 3.8) is 0 Å². The van der Waals surface area contributed by atoms with Crippen molar-refractivity contribution >= 4 is 0 Å². The number of rotatable bonds is 13. The number of aromatic nitrogens is 1. The lowest BCUT2D eigenvalue weighted by atomic mass is 9.78. The Morgan fingerprint density at radius 2 is 1.29 bits per heavy atom. The molecule has 1 fully saturated rings. The van der Waals surface area contributed by atoms with Gasteiger partial charge >= 0.3 is 0 Å². The molecule has 1 heteroatoms. The number of pyridine rings is 1. The van der Waals surface area contributed by atoms with Crippen LogP contribution in [0, 0.1) is 11.8 Å². The lowest BCUT2D eigenvalue weighted by molar-refractivity contribution is 0.250. The average molecular weight is 420 g/mol. The molecule has 0 unspecified atom stereocenters. The highest BCUT2D eigenvalue weighted by Crippen LogP contribution is 2.34. The van der Waals surface area contributed by atoms with Crippen LogP contribution in [-0.2, 0) is 12.8 Å². The van der Waals surface area contributed by atoms with Crippen LogP contribution in [0.4, 0.5) is 0 Å². The highest BCUT2D eigenvalue weighted by Gasteiger charge is 2.20. The predicted molar refractivity (Wildman–Crippen MR) is 135 cm³/mol. The van der Waals surface area contributed by atoms with Gasteiger partial charge in [0.15, 0.2) is 0 Å². The van der Waals surface area contributed by atoms with E-state index in [-0.39, 0.29) is 0 Å². The average Bonchev–Trinajstić information content (AvgIpc) is 2.83. The van der Waals surface area contributed by atoms with Gasteiger partial charge in [0.25, 0.3) is 0 Å². The van der Waals surface area contributed by atoms with E-state index < -0.39 is 0 Å². The standard InChI is InChI=1S/C30H45N/c1-3-5-7-8-9-11-28-20-23-30(31-24-28)29-21-18-27(19-22-29)17-16-26-14-12-25(13-15-26)10-6-4-2/h18-26H,3-17H2,1-2H3/t25-,26-. The highest BCUT2D eigenvalue weighted by atomic mass is 14.7. The number of hydrogen-bond acceptors (Lipinski definition) is 1. The smallest absolute Gasteiger partial charge is 0.0702 e. The lowest BCUT2D eigenvalue weighted by Gasteiger charge is -2.28. The normalized spacial score (nSPS) is 18.9. The Bertz CT molecular complexity index is 707. The zero-order valence-corrected chi connectivity index (χ0v) is 20.2. The Balaban J connectivity index is 1.40. The first-order valence-electron chi connectivity index (χ1n) is 13.3. The van der Waals surface area contributed by atoms with Gasteiger partial charge in [-0.1, -0.05) is 115 Å². The van der Waals surface area contributed by atoms with Gasteiger partial charge in [0.05, 0.1) is 5.69 Å². The molecule has 0 spiro atoms. The molecule has 0 amide bonds. The topological polar surface area (TPSA) is 12.9 Å².